The number of rotatable bonds is 12. The van der Waals surface area contributed by atoms with Crippen molar-refractivity contribution in [3.8, 4) is 0 Å². The molecule has 0 aliphatic carbocycles. The van der Waals surface area contributed by atoms with Gasteiger partial charge < -0.3 is 25.0 Å². The lowest BCUT2D eigenvalue weighted by Gasteiger charge is -2.23. The summed E-state index contributed by atoms with van der Waals surface area (Å²) in [6, 6.07) is 0.431. The van der Waals surface area contributed by atoms with Crippen LogP contribution in [0.1, 0.15) is 52.9 Å². The normalized spacial score (nSPS) is 17.7. The molecule has 1 aliphatic heterocycles. The summed E-state index contributed by atoms with van der Waals surface area (Å²) >= 11 is 0. The molecule has 25 heavy (non-hydrogen) atoms. The van der Waals surface area contributed by atoms with Crippen molar-refractivity contribution in [3.63, 3.8) is 0 Å². The van der Waals surface area contributed by atoms with E-state index in [9.17, 15) is 0 Å². The zero-order chi connectivity index (χ0) is 18.3. The van der Waals surface area contributed by atoms with Gasteiger partial charge in [-0.05, 0) is 58.7 Å². The fourth-order valence-electron chi connectivity index (χ4n) is 3.03. The Morgan fingerprint density at radius 3 is 2.60 bits per heavy atom. The van der Waals surface area contributed by atoms with Crippen LogP contribution in [0.5, 0.6) is 0 Å². The van der Waals surface area contributed by atoms with Crippen LogP contribution in [-0.2, 0) is 9.47 Å². The van der Waals surface area contributed by atoms with E-state index in [1.54, 1.807) is 0 Å². The van der Waals surface area contributed by atoms with Crippen LogP contribution in [0.15, 0.2) is 4.99 Å². The molecule has 0 bridgehead atoms. The highest BCUT2D eigenvalue weighted by Gasteiger charge is 2.13. The van der Waals surface area contributed by atoms with Crippen LogP contribution < -0.4 is 10.6 Å². The van der Waals surface area contributed by atoms with Gasteiger partial charge in [0.05, 0.1) is 6.10 Å². The van der Waals surface area contributed by atoms with Crippen LogP contribution in [0.3, 0.4) is 0 Å². The number of ether oxygens (including phenoxy) is 2. The third-order valence-electron chi connectivity index (χ3n) is 4.75. The fraction of sp³-hybridized carbons (Fsp3) is 0.947. The van der Waals surface area contributed by atoms with E-state index in [0.29, 0.717) is 12.1 Å². The number of hydrogen-bond acceptors (Lipinski definition) is 4. The molecule has 2 N–H and O–H groups in total. The van der Waals surface area contributed by atoms with Crippen LogP contribution in [-0.4, -0.2) is 76.1 Å². The quantitative estimate of drug-likeness (QED) is 0.319. The second kappa shape index (κ2) is 14.3. The first-order valence-corrected chi connectivity index (χ1v) is 10.1. The first-order chi connectivity index (χ1) is 12.2. The van der Waals surface area contributed by atoms with E-state index in [1.807, 2.05) is 7.05 Å². The SMILES string of the molecule is CCN(CC)CCCC(C)NC(=NC)NCCCOC1CCOCC1. The number of guanidine groups is 1. The summed E-state index contributed by atoms with van der Waals surface area (Å²) in [7, 11) is 1.83. The summed E-state index contributed by atoms with van der Waals surface area (Å²) in [5.74, 6) is 0.890. The van der Waals surface area contributed by atoms with Gasteiger partial charge in [0.15, 0.2) is 5.96 Å². The lowest BCUT2D eigenvalue weighted by atomic mass is 10.1. The number of nitrogens with zero attached hydrogens (tertiary/aromatic N) is 2. The summed E-state index contributed by atoms with van der Waals surface area (Å²) in [5.41, 5.74) is 0. The predicted molar refractivity (Wildman–Crippen MR) is 105 cm³/mol. The minimum atomic E-state index is 0.386. The molecular weight excluding hydrogens is 316 g/mol. The van der Waals surface area contributed by atoms with Crippen LogP contribution in [0.4, 0.5) is 0 Å². The van der Waals surface area contributed by atoms with E-state index < -0.39 is 0 Å². The van der Waals surface area contributed by atoms with Crippen molar-refractivity contribution in [1.29, 1.82) is 0 Å². The molecule has 1 atom stereocenters. The Labute approximate surface area is 154 Å². The van der Waals surface area contributed by atoms with Gasteiger partial charge in [0, 0.05) is 39.5 Å². The van der Waals surface area contributed by atoms with E-state index in [-0.39, 0.29) is 0 Å². The lowest BCUT2D eigenvalue weighted by Crippen LogP contribution is -2.43. The number of hydrogen-bond donors (Lipinski definition) is 2. The van der Waals surface area contributed by atoms with Gasteiger partial charge in [0.25, 0.3) is 0 Å². The third kappa shape index (κ3) is 10.7. The summed E-state index contributed by atoms with van der Waals surface area (Å²) in [4.78, 5) is 6.79. The van der Waals surface area contributed by atoms with Crippen LogP contribution in [0.25, 0.3) is 0 Å². The maximum atomic E-state index is 5.89. The van der Waals surface area contributed by atoms with Gasteiger partial charge >= 0.3 is 0 Å². The van der Waals surface area contributed by atoms with Gasteiger partial charge in [-0.25, -0.2) is 0 Å². The van der Waals surface area contributed by atoms with E-state index in [0.717, 1.165) is 71.1 Å². The lowest BCUT2D eigenvalue weighted by molar-refractivity contribution is -0.0320. The van der Waals surface area contributed by atoms with Gasteiger partial charge in [-0.3, -0.25) is 4.99 Å². The molecule has 0 aromatic rings. The molecule has 1 saturated heterocycles. The Kier molecular flexibility index (Phi) is 12.7. The Balaban J connectivity index is 2.06. The molecule has 148 valence electrons. The Morgan fingerprint density at radius 1 is 1.24 bits per heavy atom. The van der Waals surface area contributed by atoms with E-state index in [1.165, 1.54) is 13.0 Å². The molecule has 6 heteroatoms. The minimum absolute atomic E-state index is 0.386. The smallest absolute Gasteiger partial charge is 0.191 e. The molecule has 1 fully saturated rings. The highest BCUT2D eigenvalue weighted by molar-refractivity contribution is 5.79. The van der Waals surface area contributed by atoms with Gasteiger partial charge in [0.1, 0.15) is 0 Å². The zero-order valence-electron chi connectivity index (χ0n) is 16.9. The second-order valence-corrected chi connectivity index (χ2v) is 6.75. The van der Waals surface area contributed by atoms with E-state index >= 15 is 0 Å². The fourth-order valence-corrected chi connectivity index (χ4v) is 3.03. The van der Waals surface area contributed by atoms with E-state index in [2.05, 4.69) is 41.3 Å². The van der Waals surface area contributed by atoms with Crippen LogP contribution in [0.2, 0.25) is 0 Å². The van der Waals surface area contributed by atoms with Crippen molar-refractivity contribution in [1.82, 2.24) is 15.5 Å². The summed E-state index contributed by atoms with van der Waals surface area (Å²) in [5, 5.41) is 6.86. The van der Waals surface area contributed by atoms with Crippen molar-refractivity contribution in [2.24, 2.45) is 4.99 Å². The molecular formula is C19H40N4O2. The van der Waals surface area contributed by atoms with Gasteiger partial charge in [0.2, 0.25) is 0 Å². The Hall–Kier alpha value is -0.850. The molecule has 0 amide bonds. The van der Waals surface area contributed by atoms with Crippen LogP contribution >= 0.6 is 0 Å². The Bertz CT molecular complexity index is 342. The second-order valence-electron chi connectivity index (χ2n) is 6.75. The molecule has 1 unspecified atom stereocenters. The standard InChI is InChI=1S/C19H40N4O2/c1-5-23(6-2)13-7-9-17(3)22-19(20-4)21-12-8-14-25-18-10-15-24-16-11-18/h17-18H,5-16H2,1-4H3,(H2,20,21,22). The summed E-state index contributed by atoms with van der Waals surface area (Å²) in [6.45, 7) is 13.5. The largest absolute Gasteiger partial charge is 0.381 e. The van der Waals surface area contributed by atoms with Crippen LogP contribution in [0, 0.1) is 0 Å². The van der Waals surface area contributed by atoms with Crippen molar-refractivity contribution in [3.05, 3.63) is 0 Å². The predicted octanol–water partition coefficient (Wildman–Crippen LogP) is 2.25. The van der Waals surface area contributed by atoms with Crippen molar-refractivity contribution < 1.29 is 9.47 Å². The van der Waals surface area contributed by atoms with Gasteiger partial charge in [-0.15, -0.1) is 0 Å². The monoisotopic (exact) mass is 356 g/mol. The van der Waals surface area contributed by atoms with Gasteiger partial charge in [-0.1, -0.05) is 13.8 Å². The van der Waals surface area contributed by atoms with Crippen molar-refractivity contribution in [2.45, 2.75) is 65.0 Å². The maximum Gasteiger partial charge on any atom is 0.191 e. The van der Waals surface area contributed by atoms with Gasteiger partial charge in [-0.2, -0.15) is 0 Å². The highest BCUT2D eigenvalue weighted by Crippen LogP contribution is 2.10. The molecule has 1 heterocycles. The summed E-state index contributed by atoms with van der Waals surface area (Å²) in [6.07, 6.45) is 5.81. The molecule has 1 rings (SSSR count). The molecule has 0 aromatic carbocycles. The van der Waals surface area contributed by atoms with Crippen molar-refractivity contribution >= 4 is 5.96 Å². The maximum absolute atomic E-state index is 5.89. The van der Waals surface area contributed by atoms with E-state index in [4.69, 9.17) is 9.47 Å². The molecule has 0 spiro atoms. The molecule has 0 aromatic heterocycles. The molecule has 0 saturated carbocycles. The zero-order valence-corrected chi connectivity index (χ0v) is 16.9. The molecule has 6 nitrogen and oxygen atoms in total. The topological polar surface area (TPSA) is 58.1 Å². The first kappa shape index (κ1) is 22.2. The van der Waals surface area contributed by atoms with Crippen molar-refractivity contribution in [2.75, 3.05) is 53.0 Å². The third-order valence-corrected chi connectivity index (χ3v) is 4.75. The number of nitrogens with one attached hydrogen (secondary N) is 2. The minimum Gasteiger partial charge on any atom is -0.381 e. The first-order valence-electron chi connectivity index (χ1n) is 10.1. The Morgan fingerprint density at radius 2 is 1.96 bits per heavy atom. The summed E-state index contributed by atoms with van der Waals surface area (Å²) < 4.78 is 11.2. The number of aliphatic imine (C=N–C) groups is 1. The average Bonchev–Trinajstić information content (AvgIpc) is 2.65. The average molecular weight is 357 g/mol. The highest BCUT2D eigenvalue weighted by atomic mass is 16.5. The molecule has 1 aliphatic rings. The molecule has 0 radical (unpaired) electrons.